The third kappa shape index (κ3) is 2.88. The highest BCUT2D eigenvalue weighted by Crippen LogP contribution is 2.53. The molecule has 2 N–H and O–H groups in total. The van der Waals surface area contributed by atoms with E-state index >= 15 is 0 Å². The van der Waals surface area contributed by atoms with Gasteiger partial charge in [-0.3, -0.25) is 4.79 Å². The lowest BCUT2D eigenvalue weighted by atomic mass is 9.88. The Morgan fingerprint density at radius 3 is 2.64 bits per heavy atom. The number of hydrogen-bond donors (Lipinski definition) is 2. The number of nitrogens with one attached hydrogen (secondary N) is 1. The Labute approximate surface area is 132 Å². The predicted octanol–water partition coefficient (Wildman–Crippen LogP) is 2.74. The molecule has 1 atom stereocenters. The molecule has 7 heteroatoms. The topological polar surface area (TPSA) is 69.6 Å². The van der Waals surface area contributed by atoms with Gasteiger partial charge in [-0.05, 0) is 42.9 Å². The van der Waals surface area contributed by atoms with Crippen LogP contribution in [0.25, 0.3) is 0 Å². The highest BCUT2D eigenvalue weighted by Gasteiger charge is 2.53. The summed E-state index contributed by atoms with van der Waals surface area (Å²) in [5.74, 6) is -1.00. The molecule has 0 radical (unpaired) electrons. The molecule has 1 aromatic carbocycles. The standard InChI is InChI=1S/C15H16ClFN2O3/c16-10-5-9(6-11(17)7-10)13(20)18-12-8-19(14(21)22)4-3-15(12)1-2-15/h5-7,12H,1-4,8H2,(H,18,20)(H,21,22)/t12-/m1/s1. The minimum absolute atomic E-state index is 0.00126. The van der Waals surface area contributed by atoms with Crippen molar-refractivity contribution in [3.8, 4) is 0 Å². The second kappa shape index (κ2) is 5.43. The lowest BCUT2D eigenvalue weighted by Crippen LogP contribution is -2.54. The van der Waals surface area contributed by atoms with Gasteiger partial charge in [0.2, 0.25) is 0 Å². The molecule has 2 aliphatic rings. The fourth-order valence-corrected chi connectivity index (χ4v) is 3.32. The minimum Gasteiger partial charge on any atom is -0.465 e. The molecule has 1 saturated heterocycles. The number of likely N-dealkylation sites (tertiary alicyclic amines) is 1. The summed E-state index contributed by atoms with van der Waals surface area (Å²) >= 11 is 5.76. The molecule has 1 saturated carbocycles. The molecule has 22 heavy (non-hydrogen) atoms. The maximum atomic E-state index is 13.3. The van der Waals surface area contributed by atoms with E-state index in [1.54, 1.807) is 0 Å². The highest BCUT2D eigenvalue weighted by molar-refractivity contribution is 6.31. The van der Waals surface area contributed by atoms with Gasteiger partial charge >= 0.3 is 6.09 Å². The predicted molar refractivity (Wildman–Crippen MR) is 78.5 cm³/mol. The van der Waals surface area contributed by atoms with Crippen LogP contribution >= 0.6 is 11.6 Å². The largest absolute Gasteiger partial charge is 0.465 e. The van der Waals surface area contributed by atoms with E-state index in [1.807, 2.05) is 0 Å². The third-order valence-electron chi connectivity index (χ3n) is 4.61. The fourth-order valence-electron chi connectivity index (χ4n) is 3.10. The summed E-state index contributed by atoms with van der Waals surface area (Å²) < 4.78 is 13.3. The first-order valence-corrected chi connectivity index (χ1v) is 7.52. The number of carboxylic acid groups (broad SMARTS) is 1. The Balaban J connectivity index is 1.75. The van der Waals surface area contributed by atoms with E-state index in [0.717, 1.165) is 31.4 Å². The zero-order valence-electron chi connectivity index (χ0n) is 11.8. The molecule has 1 heterocycles. The van der Waals surface area contributed by atoms with Crippen LogP contribution in [-0.4, -0.2) is 41.1 Å². The summed E-state index contributed by atoms with van der Waals surface area (Å²) in [4.78, 5) is 24.7. The van der Waals surface area contributed by atoms with Crippen LogP contribution in [0.4, 0.5) is 9.18 Å². The van der Waals surface area contributed by atoms with Gasteiger partial charge in [-0.25, -0.2) is 9.18 Å². The SMILES string of the molecule is O=C(N[C@@H]1CN(C(=O)O)CCC12CC2)c1cc(F)cc(Cl)c1. The Kier molecular flexibility index (Phi) is 3.72. The van der Waals surface area contributed by atoms with E-state index in [2.05, 4.69) is 5.32 Å². The number of carbonyl (C=O) groups is 2. The second-order valence-electron chi connectivity index (χ2n) is 6.03. The van der Waals surface area contributed by atoms with Gasteiger partial charge in [-0.15, -0.1) is 0 Å². The Morgan fingerprint density at radius 2 is 2.05 bits per heavy atom. The quantitative estimate of drug-likeness (QED) is 0.878. The van der Waals surface area contributed by atoms with Gasteiger partial charge in [0.15, 0.2) is 0 Å². The second-order valence-corrected chi connectivity index (χ2v) is 6.46. The van der Waals surface area contributed by atoms with Crippen molar-refractivity contribution < 1.29 is 19.1 Å². The number of amides is 2. The van der Waals surface area contributed by atoms with E-state index in [-0.39, 0.29) is 28.6 Å². The molecule has 0 aromatic heterocycles. The average molecular weight is 327 g/mol. The van der Waals surface area contributed by atoms with Crippen LogP contribution in [0.15, 0.2) is 18.2 Å². The Morgan fingerprint density at radius 1 is 1.32 bits per heavy atom. The number of piperidine rings is 1. The van der Waals surface area contributed by atoms with Crippen molar-refractivity contribution in [1.29, 1.82) is 0 Å². The van der Waals surface area contributed by atoms with Gasteiger partial charge in [0, 0.05) is 23.7 Å². The molecular weight excluding hydrogens is 311 g/mol. The summed E-state index contributed by atoms with van der Waals surface area (Å²) in [5.41, 5.74) is 0.145. The van der Waals surface area contributed by atoms with Crippen molar-refractivity contribution in [2.75, 3.05) is 13.1 Å². The van der Waals surface area contributed by atoms with Gasteiger partial charge < -0.3 is 15.3 Å². The molecule has 1 spiro atoms. The first-order chi connectivity index (χ1) is 10.4. The van der Waals surface area contributed by atoms with Gasteiger partial charge in [-0.2, -0.15) is 0 Å². The normalized spacial score (nSPS) is 22.5. The minimum atomic E-state index is -0.983. The van der Waals surface area contributed by atoms with Crippen LogP contribution in [0.5, 0.6) is 0 Å². The molecule has 3 rings (SSSR count). The van der Waals surface area contributed by atoms with Crippen molar-refractivity contribution in [2.24, 2.45) is 5.41 Å². The van der Waals surface area contributed by atoms with Crippen LogP contribution in [0.2, 0.25) is 5.02 Å². The molecule has 118 valence electrons. The Bertz CT molecular complexity index is 613. The van der Waals surface area contributed by atoms with E-state index in [0.29, 0.717) is 6.54 Å². The lowest BCUT2D eigenvalue weighted by Gasteiger charge is -2.38. The molecule has 1 aliphatic carbocycles. The zero-order valence-corrected chi connectivity index (χ0v) is 12.6. The zero-order chi connectivity index (χ0) is 15.9. The molecule has 0 unspecified atom stereocenters. The van der Waals surface area contributed by atoms with E-state index in [4.69, 9.17) is 16.7 Å². The van der Waals surface area contributed by atoms with Crippen molar-refractivity contribution in [2.45, 2.75) is 25.3 Å². The van der Waals surface area contributed by atoms with Crippen molar-refractivity contribution >= 4 is 23.6 Å². The smallest absolute Gasteiger partial charge is 0.407 e. The molecule has 1 aromatic rings. The number of rotatable bonds is 2. The summed E-state index contributed by atoms with van der Waals surface area (Å²) in [6.45, 7) is 0.762. The molecule has 1 aliphatic heterocycles. The summed E-state index contributed by atoms with van der Waals surface area (Å²) in [7, 11) is 0. The van der Waals surface area contributed by atoms with Crippen molar-refractivity contribution in [1.82, 2.24) is 10.2 Å². The van der Waals surface area contributed by atoms with E-state index in [9.17, 15) is 14.0 Å². The Hall–Kier alpha value is -1.82. The van der Waals surface area contributed by atoms with E-state index in [1.165, 1.54) is 11.0 Å². The van der Waals surface area contributed by atoms with Crippen LogP contribution < -0.4 is 5.32 Å². The monoisotopic (exact) mass is 326 g/mol. The molecule has 2 fully saturated rings. The number of halogens is 2. The summed E-state index contributed by atoms with van der Waals surface area (Å²) in [6, 6.07) is 3.41. The van der Waals surface area contributed by atoms with Gasteiger partial charge in [-0.1, -0.05) is 11.6 Å². The van der Waals surface area contributed by atoms with Crippen LogP contribution in [-0.2, 0) is 0 Å². The fraction of sp³-hybridized carbons (Fsp3) is 0.467. The number of nitrogens with zero attached hydrogens (tertiary/aromatic N) is 1. The molecule has 5 nitrogen and oxygen atoms in total. The maximum absolute atomic E-state index is 13.3. The van der Waals surface area contributed by atoms with Crippen molar-refractivity contribution in [3.05, 3.63) is 34.6 Å². The molecule has 2 amide bonds. The van der Waals surface area contributed by atoms with Gasteiger partial charge in [0.05, 0.1) is 6.04 Å². The van der Waals surface area contributed by atoms with Crippen molar-refractivity contribution in [3.63, 3.8) is 0 Å². The summed E-state index contributed by atoms with van der Waals surface area (Å²) in [5, 5.41) is 12.1. The molecule has 0 bridgehead atoms. The van der Waals surface area contributed by atoms with Crippen LogP contribution in [0.3, 0.4) is 0 Å². The highest BCUT2D eigenvalue weighted by atomic mass is 35.5. The van der Waals surface area contributed by atoms with Gasteiger partial charge in [0.1, 0.15) is 5.82 Å². The number of carbonyl (C=O) groups excluding carboxylic acids is 1. The maximum Gasteiger partial charge on any atom is 0.407 e. The lowest BCUT2D eigenvalue weighted by molar-refractivity contribution is 0.0789. The third-order valence-corrected chi connectivity index (χ3v) is 4.83. The van der Waals surface area contributed by atoms with Crippen LogP contribution in [0, 0.1) is 11.2 Å². The van der Waals surface area contributed by atoms with Crippen LogP contribution in [0.1, 0.15) is 29.6 Å². The van der Waals surface area contributed by atoms with Gasteiger partial charge in [0.25, 0.3) is 5.91 Å². The molecular formula is C15H16ClFN2O3. The summed E-state index contributed by atoms with van der Waals surface area (Å²) in [6.07, 6.45) is 1.72. The average Bonchev–Trinajstić information content (AvgIpc) is 3.20. The number of benzene rings is 1. The first-order valence-electron chi connectivity index (χ1n) is 7.14. The van der Waals surface area contributed by atoms with E-state index < -0.39 is 17.8 Å². The first kappa shape index (κ1) is 15.1. The number of hydrogen-bond acceptors (Lipinski definition) is 2.